The highest BCUT2D eigenvalue weighted by Gasteiger charge is 1.91. The van der Waals surface area contributed by atoms with Crippen molar-refractivity contribution in [3.05, 3.63) is 65.1 Å². The Kier molecular flexibility index (Phi) is 4.73. The minimum Gasteiger partial charge on any atom is -0.508 e. The summed E-state index contributed by atoms with van der Waals surface area (Å²) in [5.41, 5.74) is 1.45. The van der Waals surface area contributed by atoms with E-state index in [0.717, 1.165) is 5.56 Å². The summed E-state index contributed by atoms with van der Waals surface area (Å²) in [5.74, 6) is 0.322. The molecule has 0 saturated heterocycles. The second-order valence-corrected chi connectivity index (χ2v) is 3.21. The maximum Gasteiger partial charge on any atom is 0.115 e. The third-order valence-corrected chi connectivity index (χ3v) is 1.97. The monoisotopic (exact) mass is 215 g/mol. The molecule has 0 aliphatic rings. The number of nitroso groups, excluding NO2 is 1. The minimum absolute atomic E-state index is 0.322. The fraction of sp³-hybridized carbons (Fsp3) is 0.0769. The second-order valence-electron chi connectivity index (χ2n) is 3.21. The van der Waals surface area contributed by atoms with Gasteiger partial charge in [-0.05, 0) is 35.9 Å². The van der Waals surface area contributed by atoms with Gasteiger partial charge in [0.1, 0.15) is 11.4 Å². The molecule has 3 heteroatoms. The first kappa shape index (κ1) is 11.9. The third kappa shape index (κ3) is 3.92. The molecule has 2 aromatic rings. The fourth-order valence-corrected chi connectivity index (χ4v) is 1.09. The fourth-order valence-electron chi connectivity index (χ4n) is 1.09. The van der Waals surface area contributed by atoms with Crippen LogP contribution in [0.25, 0.3) is 0 Å². The normalized spacial score (nSPS) is 8.81. The van der Waals surface area contributed by atoms with Gasteiger partial charge in [0, 0.05) is 0 Å². The maximum absolute atomic E-state index is 9.98. The van der Waals surface area contributed by atoms with Crippen LogP contribution in [0.1, 0.15) is 5.56 Å². The molecule has 16 heavy (non-hydrogen) atoms. The molecular weight excluding hydrogens is 202 g/mol. The summed E-state index contributed by atoms with van der Waals surface area (Å²) in [6, 6.07) is 15.9. The molecule has 0 aliphatic carbocycles. The van der Waals surface area contributed by atoms with Crippen molar-refractivity contribution in [2.24, 2.45) is 5.18 Å². The molecule has 0 bridgehead atoms. The molecule has 0 unspecified atom stereocenters. The van der Waals surface area contributed by atoms with Crippen molar-refractivity contribution in [2.45, 2.75) is 6.92 Å². The zero-order valence-corrected chi connectivity index (χ0v) is 9.00. The lowest BCUT2D eigenvalue weighted by molar-refractivity contribution is 0.475. The van der Waals surface area contributed by atoms with Crippen LogP contribution in [0, 0.1) is 11.8 Å². The molecule has 0 saturated carbocycles. The van der Waals surface area contributed by atoms with Crippen LogP contribution in [0.5, 0.6) is 5.75 Å². The van der Waals surface area contributed by atoms with Gasteiger partial charge < -0.3 is 5.11 Å². The molecule has 0 radical (unpaired) electrons. The van der Waals surface area contributed by atoms with Gasteiger partial charge in [0.25, 0.3) is 0 Å². The lowest BCUT2D eigenvalue weighted by Crippen LogP contribution is -1.68. The minimum atomic E-state index is 0.322. The Morgan fingerprint density at radius 2 is 1.50 bits per heavy atom. The summed E-state index contributed by atoms with van der Waals surface area (Å²) >= 11 is 0. The summed E-state index contributed by atoms with van der Waals surface area (Å²) < 4.78 is 0. The summed E-state index contributed by atoms with van der Waals surface area (Å²) in [5, 5.41) is 11.5. The van der Waals surface area contributed by atoms with Gasteiger partial charge >= 0.3 is 0 Å². The van der Waals surface area contributed by atoms with Gasteiger partial charge in [0.15, 0.2) is 0 Å². The number of phenols is 1. The van der Waals surface area contributed by atoms with E-state index in [1.807, 2.05) is 25.1 Å². The maximum atomic E-state index is 9.98. The number of hydrogen-bond acceptors (Lipinski definition) is 3. The van der Waals surface area contributed by atoms with Crippen LogP contribution in [0.2, 0.25) is 0 Å². The Morgan fingerprint density at radius 1 is 0.938 bits per heavy atom. The summed E-state index contributed by atoms with van der Waals surface area (Å²) in [7, 11) is 0. The van der Waals surface area contributed by atoms with Crippen LogP contribution in [-0.2, 0) is 0 Å². The van der Waals surface area contributed by atoms with Crippen molar-refractivity contribution in [1.29, 1.82) is 0 Å². The van der Waals surface area contributed by atoms with Crippen molar-refractivity contribution in [1.82, 2.24) is 0 Å². The number of rotatable bonds is 1. The molecule has 0 heterocycles. The molecule has 0 amide bonds. The molecule has 0 aromatic heterocycles. The molecule has 0 aliphatic heterocycles. The Bertz CT molecular complexity index is 441. The standard InChI is InChI=1S/C7H7NO.C6H6O/c1-6-4-2-3-5-7(6)8-9;7-6-4-2-1-3-5-6/h2-5H,1H3;1-5,7H. The molecule has 0 atom stereocenters. The molecule has 3 nitrogen and oxygen atoms in total. The zero-order valence-electron chi connectivity index (χ0n) is 9.00. The average molecular weight is 215 g/mol. The SMILES string of the molecule is Cc1ccccc1N=O.Oc1ccccc1. The Morgan fingerprint density at radius 3 is 1.88 bits per heavy atom. The van der Waals surface area contributed by atoms with E-state index in [9.17, 15) is 4.91 Å². The van der Waals surface area contributed by atoms with Crippen LogP contribution < -0.4 is 0 Å². The van der Waals surface area contributed by atoms with Crippen LogP contribution in [0.15, 0.2) is 59.8 Å². The first-order chi connectivity index (χ1) is 7.74. The largest absolute Gasteiger partial charge is 0.508 e. The van der Waals surface area contributed by atoms with Gasteiger partial charge in [-0.1, -0.05) is 36.4 Å². The van der Waals surface area contributed by atoms with E-state index in [-0.39, 0.29) is 0 Å². The second kappa shape index (κ2) is 6.35. The van der Waals surface area contributed by atoms with E-state index in [2.05, 4.69) is 5.18 Å². The van der Waals surface area contributed by atoms with Gasteiger partial charge in [-0.2, -0.15) is 0 Å². The first-order valence-corrected chi connectivity index (χ1v) is 4.87. The van der Waals surface area contributed by atoms with E-state index in [0.29, 0.717) is 11.4 Å². The predicted molar refractivity (Wildman–Crippen MR) is 64.7 cm³/mol. The van der Waals surface area contributed by atoms with Gasteiger partial charge in [0.05, 0.1) is 0 Å². The van der Waals surface area contributed by atoms with Crippen LogP contribution in [0.4, 0.5) is 5.69 Å². The van der Waals surface area contributed by atoms with Crippen molar-refractivity contribution in [2.75, 3.05) is 0 Å². The lowest BCUT2D eigenvalue weighted by atomic mass is 10.2. The highest BCUT2D eigenvalue weighted by Crippen LogP contribution is 2.15. The molecule has 2 rings (SSSR count). The smallest absolute Gasteiger partial charge is 0.115 e. The van der Waals surface area contributed by atoms with E-state index in [1.54, 1.807) is 36.4 Å². The quantitative estimate of drug-likeness (QED) is 0.736. The van der Waals surface area contributed by atoms with Gasteiger partial charge in [-0.25, -0.2) is 0 Å². The molecule has 0 spiro atoms. The number of hydrogen-bond donors (Lipinski definition) is 1. The van der Waals surface area contributed by atoms with E-state index < -0.39 is 0 Å². The Labute approximate surface area is 94.3 Å². The molecule has 82 valence electrons. The number of para-hydroxylation sites is 1. The van der Waals surface area contributed by atoms with Crippen LogP contribution in [0.3, 0.4) is 0 Å². The lowest BCUT2D eigenvalue weighted by Gasteiger charge is -1.90. The predicted octanol–water partition coefficient (Wildman–Crippen LogP) is 3.79. The zero-order chi connectivity index (χ0) is 11.8. The van der Waals surface area contributed by atoms with Gasteiger partial charge in [0.2, 0.25) is 0 Å². The third-order valence-electron chi connectivity index (χ3n) is 1.97. The van der Waals surface area contributed by atoms with E-state index in [1.165, 1.54) is 0 Å². The first-order valence-electron chi connectivity index (χ1n) is 4.87. The number of nitrogens with zero attached hydrogens (tertiary/aromatic N) is 1. The summed E-state index contributed by atoms with van der Waals surface area (Å²) in [6.07, 6.45) is 0. The van der Waals surface area contributed by atoms with Crippen LogP contribution >= 0.6 is 0 Å². The van der Waals surface area contributed by atoms with Crippen molar-refractivity contribution in [3.63, 3.8) is 0 Å². The highest BCUT2D eigenvalue weighted by atomic mass is 16.3. The van der Waals surface area contributed by atoms with Crippen molar-refractivity contribution in [3.8, 4) is 5.75 Å². The number of phenolic OH excluding ortho intramolecular Hbond substituents is 1. The highest BCUT2D eigenvalue weighted by molar-refractivity contribution is 5.44. The molecule has 2 aromatic carbocycles. The number of aryl methyl sites for hydroxylation is 1. The van der Waals surface area contributed by atoms with Crippen molar-refractivity contribution >= 4 is 5.69 Å². The van der Waals surface area contributed by atoms with E-state index >= 15 is 0 Å². The topological polar surface area (TPSA) is 49.7 Å². The Balaban J connectivity index is 0.000000165. The molecule has 1 N–H and O–H groups in total. The number of benzene rings is 2. The number of aromatic hydroxyl groups is 1. The van der Waals surface area contributed by atoms with E-state index in [4.69, 9.17) is 5.11 Å². The van der Waals surface area contributed by atoms with Crippen molar-refractivity contribution < 1.29 is 5.11 Å². The van der Waals surface area contributed by atoms with Crippen LogP contribution in [-0.4, -0.2) is 5.11 Å². The Hall–Kier alpha value is -2.16. The summed E-state index contributed by atoms with van der Waals surface area (Å²) in [4.78, 5) is 9.98. The summed E-state index contributed by atoms with van der Waals surface area (Å²) in [6.45, 7) is 1.86. The van der Waals surface area contributed by atoms with Gasteiger partial charge in [-0.3, -0.25) is 0 Å². The van der Waals surface area contributed by atoms with Gasteiger partial charge in [-0.15, -0.1) is 4.91 Å². The average Bonchev–Trinajstić information content (AvgIpc) is 2.31. The molecular formula is C13H13NO2. The molecule has 0 fully saturated rings.